The Morgan fingerprint density at radius 3 is 2.19 bits per heavy atom. The average molecular weight is 505 g/mol. The van der Waals surface area contributed by atoms with E-state index in [1.54, 1.807) is 54.6 Å². The van der Waals surface area contributed by atoms with E-state index in [9.17, 15) is 9.59 Å². The van der Waals surface area contributed by atoms with Crippen molar-refractivity contribution in [3.63, 3.8) is 0 Å². The molecule has 3 aromatic carbocycles. The molecule has 4 rings (SSSR count). The Balaban J connectivity index is 1.43. The molecule has 0 atom stereocenters. The van der Waals surface area contributed by atoms with E-state index in [2.05, 4.69) is 0 Å². The number of nitrogens with zero attached hydrogens (tertiary/aromatic N) is 1. The second kappa shape index (κ2) is 10.0. The zero-order valence-corrected chi connectivity index (χ0v) is 19.6. The standard InChI is InChI=1S/C24H16Cl3NO3S/c25-19-5-2-1-4-16(19)13-28-23(29)22(32-24(28)30)12-15-8-10-17(11-9-15)31-14-18-20(26)6-3-7-21(18)27/h1-12H,13-14H2/b22-12-. The van der Waals surface area contributed by atoms with E-state index in [1.165, 1.54) is 4.90 Å². The van der Waals surface area contributed by atoms with Crippen molar-refractivity contribution < 1.29 is 14.3 Å². The number of ether oxygens (including phenoxy) is 1. The average Bonchev–Trinajstić information content (AvgIpc) is 3.03. The lowest BCUT2D eigenvalue weighted by Crippen LogP contribution is -2.27. The summed E-state index contributed by atoms with van der Waals surface area (Å²) in [7, 11) is 0. The molecular formula is C24H16Cl3NO3S. The highest BCUT2D eigenvalue weighted by molar-refractivity contribution is 8.18. The second-order valence-electron chi connectivity index (χ2n) is 6.92. The minimum absolute atomic E-state index is 0.138. The van der Waals surface area contributed by atoms with Gasteiger partial charge >= 0.3 is 0 Å². The SMILES string of the molecule is O=C1S/C(=C\c2ccc(OCc3c(Cl)cccc3Cl)cc2)C(=O)N1Cc1ccccc1Cl. The van der Waals surface area contributed by atoms with Crippen LogP contribution in [-0.4, -0.2) is 16.0 Å². The maximum absolute atomic E-state index is 12.7. The van der Waals surface area contributed by atoms with Gasteiger partial charge in [0.25, 0.3) is 11.1 Å². The van der Waals surface area contributed by atoms with Crippen molar-refractivity contribution in [1.29, 1.82) is 0 Å². The molecule has 1 heterocycles. The van der Waals surface area contributed by atoms with Crippen LogP contribution in [-0.2, 0) is 17.9 Å². The van der Waals surface area contributed by atoms with Crippen molar-refractivity contribution in [2.75, 3.05) is 0 Å². The summed E-state index contributed by atoms with van der Waals surface area (Å²) in [6, 6.07) is 19.6. The molecule has 3 aromatic rings. The van der Waals surface area contributed by atoms with Crippen molar-refractivity contribution in [1.82, 2.24) is 4.90 Å². The lowest BCUT2D eigenvalue weighted by molar-refractivity contribution is -0.123. The maximum Gasteiger partial charge on any atom is 0.293 e. The van der Waals surface area contributed by atoms with Crippen LogP contribution in [0.3, 0.4) is 0 Å². The van der Waals surface area contributed by atoms with Crippen LogP contribution in [0.1, 0.15) is 16.7 Å². The number of thioether (sulfide) groups is 1. The van der Waals surface area contributed by atoms with E-state index in [-0.39, 0.29) is 24.3 Å². The van der Waals surface area contributed by atoms with E-state index in [0.29, 0.717) is 31.3 Å². The molecule has 0 aliphatic carbocycles. The van der Waals surface area contributed by atoms with Gasteiger partial charge in [-0.3, -0.25) is 14.5 Å². The molecule has 1 aliphatic rings. The maximum atomic E-state index is 12.7. The molecule has 2 amide bonds. The first-order valence-electron chi connectivity index (χ1n) is 9.57. The first-order chi connectivity index (χ1) is 15.4. The molecule has 0 aromatic heterocycles. The van der Waals surface area contributed by atoms with Gasteiger partial charge < -0.3 is 4.74 Å². The van der Waals surface area contributed by atoms with Gasteiger partial charge in [-0.1, -0.05) is 71.2 Å². The first-order valence-corrected chi connectivity index (χ1v) is 11.5. The van der Waals surface area contributed by atoms with Crippen molar-refractivity contribution in [3.8, 4) is 5.75 Å². The van der Waals surface area contributed by atoms with Gasteiger partial charge in [0.2, 0.25) is 0 Å². The zero-order chi connectivity index (χ0) is 22.7. The summed E-state index contributed by atoms with van der Waals surface area (Å²) in [6.07, 6.45) is 1.69. The van der Waals surface area contributed by atoms with Crippen LogP contribution in [0, 0.1) is 0 Å². The number of hydrogen-bond acceptors (Lipinski definition) is 4. The van der Waals surface area contributed by atoms with Gasteiger partial charge in [-0.2, -0.15) is 0 Å². The van der Waals surface area contributed by atoms with Crippen molar-refractivity contribution in [2.24, 2.45) is 0 Å². The van der Waals surface area contributed by atoms with Crippen LogP contribution in [0.2, 0.25) is 15.1 Å². The Kier molecular flexibility index (Phi) is 7.11. The molecule has 1 fully saturated rings. The van der Waals surface area contributed by atoms with Crippen LogP contribution in [0.15, 0.2) is 71.6 Å². The third-order valence-corrected chi connectivity index (χ3v) is 6.77. The predicted octanol–water partition coefficient (Wildman–Crippen LogP) is 7.46. The van der Waals surface area contributed by atoms with Crippen molar-refractivity contribution >= 4 is 63.8 Å². The van der Waals surface area contributed by atoms with Gasteiger partial charge in [0.1, 0.15) is 12.4 Å². The molecule has 0 radical (unpaired) electrons. The van der Waals surface area contributed by atoms with Crippen LogP contribution in [0.25, 0.3) is 6.08 Å². The number of carbonyl (C=O) groups excluding carboxylic acids is 2. The third-order valence-electron chi connectivity index (χ3n) is 4.78. The summed E-state index contributed by atoms with van der Waals surface area (Å²) in [5.74, 6) is 0.290. The molecule has 0 saturated carbocycles. The molecule has 1 saturated heterocycles. The predicted molar refractivity (Wildman–Crippen MR) is 130 cm³/mol. The summed E-state index contributed by atoms with van der Waals surface area (Å²) in [5.41, 5.74) is 2.21. The summed E-state index contributed by atoms with van der Waals surface area (Å²) < 4.78 is 5.77. The van der Waals surface area contributed by atoms with Gasteiger partial charge in [-0.05, 0) is 59.3 Å². The fraction of sp³-hybridized carbons (Fsp3) is 0.0833. The third kappa shape index (κ3) is 5.13. The van der Waals surface area contributed by atoms with E-state index >= 15 is 0 Å². The largest absolute Gasteiger partial charge is 0.489 e. The normalized spacial score (nSPS) is 15.0. The first kappa shape index (κ1) is 22.7. The van der Waals surface area contributed by atoms with Crippen LogP contribution >= 0.6 is 46.6 Å². The molecule has 8 heteroatoms. The lowest BCUT2D eigenvalue weighted by atomic mass is 10.2. The van der Waals surface area contributed by atoms with Gasteiger partial charge in [0.05, 0.1) is 11.4 Å². The Hall–Kier alpha value is -2.44. The highest BCUT2D eigenvalue weighted by atomic mass is 35.5. The Bertz CT molecular complexity index is 1190. The molecule has 1 aliphatic heterocycles. The Labute approximate surface area is 204 Å². The van der Waals surface area contributed by atoms with E-state index in [1.807, 2.05) is 18.2 Å². The molecule has 32 heavy (non-hydrogen) atoms. The molecule has 162 valence electrons. The lowest BCUT2D eigenvalue weighted by Gasteiger charge is -2.13. The number of halogens is 3. The molecule has 0 bridgehead atoms. The van der Waals surface area contributed by atoms with Crippen molar-refractivity contribution in [2.45, 2.75) is 13.2 Å². The fourth-order valence-corrected chi connectivity index (χ4v) is 4.61. The van der Waals surface area contributed by atoms with Gasteiger partial charge in [0.15, 0.2) is 0 Å². The quantitative estimate of drug-likeness (QED) is 0.327. The summed E-state index contributed by atoms with van der Waals surface area (Å²) in [4.78, 5) is 26.7. The highest BCUT2D eigenvalue weighted by Crippen LogP contribution is 2.34. The molecule has 0 spiro atoms. The number of hydrogen-bond donors (Lipinski definition) is 0. The summed E-state index contributed by atoms with van der Waals surface area (Å²) >= 11 is 19.4. The summed E-state index contributed by atoms with van der Waals surface area (Å²) in [5, 5.41) is 1.28. The van der Waals surface area contributed by atoms with Gasteiger partial charge in [-0.25, -0.2) is 0 Å². The molecular weight excluding hydrogens is 489 g/mol. The highest BCUT2D eigenvalue weighted by Gasteiger charge is 2.35. The van der Waals surface area contributed by atoms with Crippen LogP contribution in [0.5, 0.6) is 5.75 Å². The summed E-state index contributed by atoms with van der Waals surface area (Å²) in [6.45, 7) is 0.373. The number of amides is 2. The van der Waals surface area contributed by atoms with Crippen molar-refractivity contribution in [3.05, 3.63) is 103 Å². The van der Waals surface area contributed by atoms with E-state index in [4.69, 9.17) is 39.5 Å². The minimum Gasteiger partial charge on any atom is -0.489 e. The topological polar surface area (TPSA) is 46.6 Å². The fourth-order valence-electron chi connectivity index (χ4n) is 3.07. The minimum atomic E-state index is -0.339. The monoisotopic (exact) mass is 503 g/mol. The Morgan fingerprint density at radius 2 is 1.50 bits per heavy atom. The second-order valence-corrected chi connectivity index (χ2v) is 9.13. The smallest absolute Gasteiger partial charge is 0.293 e. The van der Waals surface area contributed by atoms with Gasteiger partial charge in [-0.15, -0.1) is 0 Å². The number of carbonyl (C=O) groups is 2. The van der Waals surface area contributed by atoms with Crippen LogP contribution < -0.4 is 4.74 Å². The number of rotatable bonds is 6. The molecule has 4 nitrogen and oxygen atoms in total. The number of imide groups is 1. The van der Waals surface area contributed by atoms with Gasteiger partial charge in [0, 0.05) is 20.6 Å². The molecule has 0 N–H and O–H groups in total. The van der Waals surface area contributed by atoms with E-state index < -0.39 is 0 Å². The molecule has 0 unspecified atom stereocenters. The zero-order valence-electron chi connectivity index (χ0n) is 16.6. The number of benzene rings is 3. The Morgan fingerprint density at radius 1 is 0.844 bits per heavy atom. The van der Waals surface area contributed by atoms with E-state index in [0.717, 1.165) is 22.9 Å². The van der Waals surface area contributed by atoms with Crippen LogP contribution in [0.4, 0.5) is 4.79 Å².